The monoisotopic (exact) mass is 506 g/mol. The van der Waals surface area contributed by atoms with Crippen molar-refractivity contribution in [2.75, 3.05) is 27.4 Å². The molecule has 1 aromatic heterocycles. The molecule has 0 saturated heterocycles. The van der Waals surface area contributed by atoms with Crippen LogP contribution in [0.25, 0.3) is 10.9 Å². The summed E-state index contributed by atoms with van der Waals surface area (Å²) < 4.78 is 17.8. The highest BCUT2D eigenvalue weighted by Crippen LogP contribution is 2.31. The number of nitrogens with zero attached hydrogens (tertiary/aromatic N) is 1. The Bertz CT molecular complexity index is 1380. The zero-order valence-corrected chi connectivity index (χ0v) is 21.1. The van der Waals surface area contributed by atoms with Gasteiger partial charge in [0.2, 0.25) is 5.91 Å². The molecule has 1 amide bonds. The van der Waals surface area contributed by atoms with E-state index in [-0.39, 0.29) is 18.2 Å². The van der Waals surface area contributed by atoms with Crippen molar-refractivity contribution in [2.45, 2.75) is 13.3 Å². The molecular weight excluding hydrogens is 480 g/mol. The molecule has 186 valence electrons. The predicted octanol–water partition coefficient (Wildman–Crippen LogP) is 5.05. The summed E-state index contributed by atoms with van der Waals surface area (Å²) in [6.07, 6.45) is 0.110. The van der Waals surface area contributed by atoms with Crippen molar-refractivity contribution < 1.29 is 23.8 Å². The summed E-state index contributed by atoms with van der Waals surface area (Å²) in [5, 5.41) is 4.24. The van der Waals surface area contributed by atoms with Crippen molar-refractivity contribution >= 4 is 34.3 Å². The van der Waals surface area contributed by atoms with Gasteiger partial charge in [-0.15, -0.1) is 0 Å². The number of fused-ring (bicyclic) bond motifs is 1. The van der Waals surface area contributed by atoms with Crippen molar-refractivity contribution in [1.29, 1.82) is 0 Å². The number of hydrogen-bond donors (Lipinski definition) is 1. The van der Waals surface area contributed by atoms with E-state index in [1.54, 1.807) is 49.1 Å². The minimum atomic E-state index is -0.195. The summed E-state index contributed by atoms with van der Waals surface area (Å²) >= 11 is 5.99. The molecule has 4 rings (SSSR count). The third kappa shape index (κ3) is 5.47. The van der Waals surface area contributed by atoms with Gasteiger partial charge in [0.25, 0.3) is 5.91 Å². The highest BCUT2D eigenvalue weighted by atomic mass is 35.5. The van der Waals surface area contributed by atoms with Crippen LogP contribution in [0.15, 0.2) is 66.7 Å². The maximum absolute atomic E-state index is 13.4. The van der Waals surface area contributed by atoms with Gasteiger partial charge >= 0.3 is 0 Å². The van der Waals surface area contributed by atoms with E-state index in [4.69, 9.17) is 25.8 Å². The van der Waals surface area contributed by atoms with Gasteiger partial charge in [0, 0.05) is 21.7 Å². The van der Waals surface area contributed by atoms with Crippen LogP contribution in [0.5, 0.6) is 17.2 Å². The number of rotatable bonds is 9. The van der Waals surface area contributed by atoms with E-state index in [1.165, 1.54) is 0 Å². The molecule has 1 N–H and O–H groups in total. The minimum Gasteiger partial charge on any atom is -0.497 e. The molecule has 0 aliphatic carbocycles. The van der Waals surface area contributed by atoms with Crippen LogP contribution in [-0.4, -0.2) is 43.8 Å². The van der Waals surface area contributed by atoms with Crippen LogP contribution >= 0.6 is 11.6 Å². The van der Waals surface area contributed by atoms with E-state index < -0.39 is 0 Å². The molecule has 36 heavy (non-hydrogen) atoms. The molecule has 0 unspecified atom stereocenters. The lowest BCUT2D eigenvalue weighted by molar-refractivity contribution is -0.120. The molecule has 8 heteroatoms. The molecule has 3 aromatic carbocycles. The van der Waals surface area contributed by atoms with E-state index in [9.17, 15) is 9.59 Å². The molecule has 0 fully saturated rings. The molecule has 0 saturated carbocycles. The number of carbonyl (C=O) groups is 2. The van der Waals surface area contributed by atoms with Gasteiger partial charge in [0.05, 0.1) is 32.7 Å². The SMILES string of the molecule is COc1ccc(OCCNC(=O)Cc2c(C)n(C(=O)c3ccc(Cl)cc3)c3ccc(OC)cc23)cc1. The van der Waals surface area contributed by atoms with E-state index in [0.717, 1.165) is 16.7 Å². The van der Waals surface area contributed by atoms with E-state index >= 15 is 0 Å². The number of amides is 1. The average molecular weight is 507 g/mol. The smallest absolute Gasteiger partial charge is 0.262 e. The number of methoxy groups -OCH3 is 2. The Morgan fingerprint density at radius 2 is 1.53 bits per heavy atom. The quantitative estimate of drug-likeness (QED) is 0.321. The van der Waals surface area contributed by atoms with Crippen molar-refractivity contribution in [3.8, 4) is 17.2 Å². The molecule has 0 radical (unpaired) electrons. The van der Waals surface area contributed by atoms with Gasteiger partial charge < -0.3 is 19.5 Å². The maximum Gasteiger partial charge on any atom is 0.262 e. The summed E-state index contributed by atoms with van der Waals surface area (Å²) in [7, 11) is 3.19. The Kier molecular flexibility index (Phi) is 7.80. The standard InChI is InChI=1S/C28H27ClN2O5/c1-18-24(17-27(32)30-14-15-36-22-10-8-21(34-2)9-11-22)25-16-23(35-3)12-13-26(25)31(18)28(33)19-4-6-20(29)7-5-19/h4-13,16H,14-15,17H2,1-3H3,(H,30,32). The van der Waals surface area contributed by atoms with Crippen LogP contribution < -0.4 is 19.5 Å². The van der Waals surface area contributed by atoms with Gasteiger partial charge in [-0.2, -0.15) is 0 Å². The molecule has 0 spiro atoms. The van der Waals surface area contributed by atoms with Crippen molar-refractivity contribution in [1.82, 2.24) is 9.88 Å². The summed E-state index contributed by atoms with van der Waals surface area (Å²) in [4.78, 5) is 26.2. The van der Waals surface area contributed by atoms with Crippen LogP contribution in [0.3, 0.4) is 0 Å². The highest BCUT2D eigenvalue weighted by molar-refractivity contribution is 6.30. The van der Waals surface area contributed by atoms with Gasteiger partial charge in [-0.3, -0.25) is 14.2 Å². The first-order chi connectivity index (χ1) is 17.4. The third-order valence-electron chi connectivity index (χ3n) is 5.93. The first-order valence-corrected chi connectivity index (χ1v) is 11.8. The Morgan fingerprint density at radius 1 is 0.889 bits per heavy atom. The molecule has 0 aliphatic rings. The second-order valence-electron chi connectivity index (χ2n) is 8.15. The van der Waals surface area contributed by atoms with E-state index in [1.807, 2.05) is 43.3 Å². The summed E-state index contributed by atoms with van der Waals surface area (Å²) in [5.41, 5.74) is 2.67. The van der Waals surface area contributed by atoms with E-state index in [2.05, 4.69) is 5.32 Å². The van der Waals surface area contributed by atoms with Gasteiger partial charge in [0.15, 0.2) is 0 Å². The predicted molar refractivity (Wildman–Crippen MR) is 140 cm³/mol. The molecule has 0 atom stereocenters. The lowest BCUT2D eigenvalue weighted by atomic mass is 10.1. The molecule has 1 heterocycles. The van der Waals surface area contributed by atoms with Gasteiger partial charge in [0.1, 0.15) is 23.9 Å². The Morgan fingerprint density at radius 3 is 2.19 bits per heavy atom. The highest BCUT2D eigenvalue weighted by Gasteiger charge is 2.22. The third-order valence-corrected chi connectivity index (χ3v) is 6.18. The van der Waals surface area contributed by atoms with Crippen LogP contribution in [0.4, 0.5) is 0 Å². The largest absolute Gasteiger partial charge is 0.497 e. The lowest BCUT2D eigenvalue weighted by Crippen LogP contribution is -2.29. The molecule has 0 aliphatic heterocycles. The summed E-state index contributed by atoms with van der Waals surface area (Å²) in [5.74, 6) is 1.72. The Balaban J connectivity index is 1.51. The van der Waals surface area contributed by atoms with Crippen molar-refractivity contribution in [2.24, 2.45) is 0 Å². The Hall–Kier alpha value is -3.97. The lowest BCUT2D eigenvalue weighted by Gasteiger charge is -2.09. The van der Waals surface area contributed by atoms with Crippen LogP contribution in [-0.2, 0) is 11.2 Å². The number of nitrogens with one attached hydrogen (secondary N) is 1. The fourth-order valence-corrected chi connectivity index (χ4v) is 4.18. The summed E-state index contributed by atoms with van der Waals surface area (Å²) in [6.45, 7) is 2.51. The summed E-state index contributed by atoms with van der Waals surface area (Å²) in [6, 6.07) is 19.5. The second-order valence-corrected chi connectivity index (χ2v) is 8.58. The zero-order valence-electron chi connectivity index (χ0n) is 20.3. The molecular formula is C28H27ClN2O5. The van der Waals surface area contributed by atoms with Crippen LogP contribution in [0, 0.1) is 6.92 Å². The fourth-order valence-electron chi connectivity index (χ4n) is 4.05. The molecule has 4 aromatic rings. The second kappa shape index (κ2) is 11.2. The number of benzene rings is 3. The molecule has 0 bridgehead atoms. The number of carbonyl (C=O) groups excluding carboxylic acids is 2. The number of halogens is 1. The number of ether oxygens (including phenoxy) is 3. The number of aromatic nitrogens is 1. The Labute approximate surface area is 214 Å². The first-order valence-electron chi connectivity index (χ1n) is 11.4. The topological polar surface area (TPSA) is 78.8 Å². The minimum absolute atomic E-state index is 0.110. The van der Waals surface area contributed by atoms with Crippen LogP contribution in [0.2, 0.25) is 5.02 Å². The first kappa shape index (κ1) is 25.1. The number of hydrogen-bond acceptors (Lipinski definition) is 5. The molecule has 7 nitrogen and oxygen atoms in total. The fraction of sp³-hybridized carbons (Fsp3) is 0.214. The zero-order chi connectivity index (χ0) is 25.7. The maximum atomic E-state index is 13.4. The van der Waals surface area contributed by atoms with Gasteiger partial charge in [-0.25, -0.2) is 0 Å². The van der Waals surface area contributed by atoms with Gasteiger partial charge in [-0.1, -0.05) is 11.6 Å². The van der Waals surface area contributed by atoms with Gasteiger partial charge in [-0.05, 0) is 79.2 Å². The van der Waals surface area contributed by atoms with Crippen molar-refractivity contribution in [3.63, 3.8) is 0 Å². The van der Waals surface area contributed by atoms with Crippen molar-refractivity contribution in [3.05, 3.63) is 88.6 Å². The normalized spacial score (nSPS) is 10.8. The van der Waals surface area contributed by atoms with Crippen LogP contribution in [0.1, 0.15) is 21.6 Å². The average Bonchev–Trinajstić information content (AvgIpc) is 3.17. The van der Waals surface area contributed by atoms with E-state index in [0.29, 0.717) is 46.4 Å².